The van der Waals surface area contributed by atoms with Gasteiger partial charge in [0.2, 0.25) is 0 Å². The summed E-state index contributed by atoms with van der Waals surface area (Å²) >= 11 is 0. The zero-order valence-electron chi connectivity index (χ0n) is 9.65. The molecule has 7 heteroatoms. The van der Waals surface area contributed by atoms with Crippen LogP contribution in [0.15, 0.2) is 18.2 Å². The molecule has 0 saturated carbocycles. The largest absolute Gasteiger partial charge is 0.416 e. The van der Waals surface area contributed by atoms with E-state index in [0.717, 1.165) is 0 Å². The van der Waals surface area contributed by atoms with Crippen molar-refractivity contribution in [1.82, 2.24) is 0 Å². The zero-order valence-corrected chi connectivity index (χ0v) is 9.65. The number of anilines is 1. The Morgan fingerprint density at radius 2 is 1.28 bits per heavy atom. The van der Waals surface area contributed by atoms with Crippen molar-refractivity contribution in [2.75, 3.05) is 18.5 Å². The van der Waals surface area contributed by atoms with Gasteiger partial charge in [0.05, 0.1) is 11.1 Å². The second-order valence-electron chi connectivity index (χ2n) is 3.78. The maximum absolute atomic E-state index is 12.5. The number of halogens is 6. The lowest BCUT2D eigenvalue weighted by molar-refractivity contribution is -0.143. The molecule has 0 spiro atoms. The van der Waals surface area contributed by atoms with Crippen molar-refractivity contribution in [3.05, 3.63) is 29.3 Å². The number of rotatable bonds is 2. The minimum absolute atomic E-state index is 0.111. The fourth-order valence-electron chi connectivity index (χ4n) is 1.34. The molecular formula is C11H11F6N. The standard InChI is InChI=1S/C11H11F6N/c1-3-18(2)9-5-7(10(12,13)14)4-8(6-9)11(15,16)17/h4-6H,3H2,1-2H3. The summed E-state index contributed by atoms with van der Waals surface area (Å²) in [5.74, 6) is 0. The van der Waals surface area contributed by atoms with E-state index in [9.17, 15) is 26.3 Å². The van der Waals surface area contributed by atoms with Crippen LogP contribution in [0.3, 0.4) is 0 Å². The minimum Gasteiger partial charge on any atom is -0.375 e. The summed E-state index contributed by atoms with van der Waals surface area (Å²) in [5, 5.41) is 0. The van der Waals surface area contributed by atoms with Crippen LogP contribution in [-0.2, 0) is 12.4 Å². The molecule has 0 aliphatic heterocycles. The lowest BCUT2D eigenvalue weighted by Crippen LogP contribution is -2.19. The van der Waals surface area contributed by atoms with Crippen LogP contribution in [0.4, 0.5) is 32.0 Å². The van der Waals surface area contributed by atoms with Crippen LogP contribution in [0.5, 0.6) is 0 Å². The Balaban J connectivity index is 3.39. The van der Waals surface area contributed by atoms with Crippen LogP contribution in [0, 0.1) is 0 Å². The smallest absolute Gasteiger partial charge is 0.375 e. The van der Waals surface area contributed by atoms with E-state index >= 15 is 0 Å². The molecule has 0 aromatic heterocycles. The van der Waals surface area contributed by atoms with Gasteiger partial charge < -0.3 is 4.90 Å². The number of alkyl halides is 6. The third-order valence-electron chi connectivity index (χ3n) is 2.49. The van der Waals surface area contributed by atoms with Crippen molar-refractivity contribution in [1.29, 1.82) is 0 Å². The molecule has 102 valence electrons. The van der Waals surface area contributed by atoms with Crippen molar-refractivity contribution >= 4 is 5.69 Å². The van der Waals surface area contributed by atoms with E-state index in [1.807, 2.05) is 0 Å². The van der Waals surface area contributed by atoms with Crippen LogP contribution in [0.25, 0.3) is 0 Å². The molecule has 1 aromatic carbocycles. The van der Waals surface area contributed by atoms with Gasteiger partial charge in [-0.05, 0) is 25.1 Å². The molecule has 0 saturated heterocycles. The van der Waals surface area contributed by atoms with E-state index in [1.165, 1.54) is 11.9 Å². The van der Waals surface area contributed by atoms with Gasteiger partial charge in [-0.1, -0.05) is 0 Å². The van der Waals surface area contributed by atoms with E-state index in [1.54, 1.807) is 6.92 Å². The zero-order chi connectivity index (χ0) is 14.1. The van der Waals surface area contributed by atoms with Crippen LogP contribution in [0.2, 0.25) is 0 Å². The first kappa shape index (κ1) is 14.7. The predicted molar refractivity (Wildman–Crippen MR) is 55.4 cm³/mol. The van der Waals surface area contributed by atoms with Crippen LogP contribution in [-0.4, -0.2) is 13.6 Å². The highest BCUT2D eigenvalue weighted by molar-refractivity contribution is 5.52. The highest BCUT2D eigenvalue weighted by Gasteiger charge is 2.37. The third kappa shape index (κ3) is 3.30. The van der Waals surface area contributed by atoms with Gasteiger partial charge in [-0.15, -0.1) is 0 Å². The molecule has 0 N–H and O–H groups in total. The Hall–Kier alpha value is -1.40. The lowest BCUT2D eigenvalue weighted by atomic mass is 10.1. The van der Waals surface area contributed by atoms with E-state index in [2.05, 4.69) is 0 Å². The SMILES string of the molecule is CCN(C)c1cc(C(F)(F)F)cc(C(F)(F)F)c1. The molecule has 0 heterocycles. The monoisotopic (exact) mass is 271 g/mol. The third-order valence-corrected chi connectivity index (χ3v) is 2.49. The van der Waals surface area contributed by atoms with E-state index in [0.29, 0.717) is 18.7 Å². The predicted octanol–water partition coefficient (Wildman–Crippen LogP) is 4.18. The topological polar surface area (TPSA) is 3.24 Å². The molecule has 18 heavy (non-hydrogen) atoms. The molecule has 0 bridgehead atoms. The van der Waals surface area contributed by atoms with E-state index in [4.69, 9.17) is 0 Å². The maximum Gasteiger partial charge on any atom is 0.416 e. The van der Waals surface area contributed by atoms with Gasteiger partial charge in [0.15, 0.2) is 0 Å². The first-order valence-corrected chi connectivity index (χ1v) is 5.06. The molecule has 0 fully saturated rings. The normalized spacial score (nSPS) is 12.7. The number of hydrogen-bond acceptors (Lipinski definition) is 1. The highest BCUT2D eigenvalue weighted by atomic mass is 19.4. The Morgan fingerprint density at radius 3 is 1.56 bits per heavy atom. The minimum atomic E-state index is -4.80. The van der Waals surface area contributed by atoms with Gasteiger partial charge in [-0.2, -0.15) is 26.3 Å². The van der Waals surface area contributed by atoms with Crippen molar-refractivity contribution in [3.63, 3.8) is 0 Å². The van der Waals surface area contributed by atoms with Crippen molar-refractivity contribution in [3.8, 4) is 0 Å². The summed E-state index contributed by atoms with van der Waals surface area (Å²) in [7, 11) is 1.43. The van der Waals surface area contributed by atoms with Gasteiger partial charge >= 0.3 is 12.4 Å². The van der Waals surface area contributed by atoms with Crippen molar-refractivity contribution in [2.24, 2.45) is 0 Å². The fourth-order valence-corrected chi connectivity index (χ4v) is 1.34. The van der Waals surface area contributed by atoms with Crippen molar-refractivity contribution in [2.45, 2.75) is 19.3 Å². The van der Waals surface area contributed by atoms with Gasteiger partial charge in [0.25, 0.3) is 0 Å². The van der Waals surface area contributed by atoms with Crippen LogP contribution < -0.4 is 4.90 Å². The first-order valence-electron chi connectivity index (χ1n) is 5.06. The maximum atomic E-state index is 12.5. The van der Waals surface area contributed by atoms with Crippen LogP contribution >= 0.6 is 0 Å². The van der Waals surface area contributed by atoms with Crippen LogP contribution in [0.1, 0.15) is 18.1 Å². The highest BCUT2D eigenvalue weighted by Crippen LogP contribution is 2.38. The summed E-state index contributed by atoms with van der Waals surface area (Å²) in [6.45, 7) is 1.94. The fraction of sp³-hybridized carbons (Fsp3) is 0.455. The van der Waals surface area contributed by atoms with Gasteiger partial charge in [0, 0.05) is 19.3 Å². The summed E-state index contributed by atoms with van der Waals surface area (Å²) in [6, 6.07) is 1.53. The van der Waals surface area contributed by atoms with Gasteiger partial charge in [-0.3, -0.25) is 0 Å². The van der Waals surface area contributed by atoms with E-state index in [-0.39, 0.29) is 11.8 Å². The Bertz CT molecular complexity index is 388. The Labute approximate surface area is 100 Å². The molecule has 1 rings (SSSR count). The number of benzene rings is 1. The molecule has 0 aliphatic carbocycles. The average Bonchev–Trinajstić information content (AvgIpc) is 2.25. The second kappa shape index (κ2) is 4.70. The quantitative estimate of drug-likeness (QED) is 0.729. The summed E-state index contributed by atoms with van der Waals surface area (Å²) < 4.78 is 75.1. The summed E-state index contributed by atoms with van der Waals surface area (Å²) in [4.78, 5) is 1.31. The van der Waals surface area contributed by atoms with E-state index < -0.39 is 23.5 Å². The molecule has 1 aromatic rings. The number of nitrogens with zero attached hydrogens (tertiary/aromatic N) is 1. The van der Waals surface area contributed by atoms with Gasteiger partial charge in [-0.25, -0.2) is 0 Å². The molecule has 1 nitrogen and oxygen atoms in total. The molecule has 0 radical (unpaired) electrons. The van der Waals surface area contributed by atoms with Crippen molar-refractivity contribution < 1.29 is 26.3 Å². The summed E-state index contributed by atoms with van der Waals surface area (Å²) in [5.41, 5.74) is -2.71. The number of hydrogen-bond donors (Lipinski definition) is 0. The summed E-state index contributed by atoms with van der Waals surface area (Å²) in [6.07, 6.45) is -9.60. The van der Waals surface area contributed by atoms with Gasteiger partial charge in [0.1, 0.15) is 0 Å². The molecule has 0 aliphatic rings. The molecule has 0 atom stereocenters. The Morgan fingerprint density at radius 1 is 0.889 bits per heavy atom. The first-order chi connectivity index (χ1) is 8.05. The lowest BCUT2D eigenvalue weighted by Gasteiger charge is -2.20. The Kier molecular flexibility index (Phi) is 3.83. The molecule has 0 unspecified atom stereocenters. The second-order valence-corrected chi connectivity index (χ2v) is 3.78. The molecular weight excluding hydrogens is 260 g/mol. The average molecular weight is 271 g/mol. The molecule has 0 amide bonds.